The summed E-state index contributed by atoms with van der Waals surface area (Å²) in [7, 11) is 0. The highest BCUT2D eigenvalue weighted by Gasteiger charge is 2.09. The van der Waals surface area contributed by atoms with Crippen LogP contribution in [-0.2, 0) is 9.59 Å². The Morgan fingerprint density at radius 1 is 1.04 bits per heavy atom. The van der Waals surface area contributed by atoms with Gasteiger partial charge in [0.05, 0.1) is 16.5 Å². The van der Waals surface area contributed by atoms with Gasteiger partial charge in [-0.3, -0.25) is 9.59 Å². The molecule has 2 rings (SSSR count). The molecule has 0 atom stereocenters. The maximum atomic E-state index is 13.1. The Hall–Kier alpha value is -1.76. The molecule has 4 nitrogen and oxygen atoms in total. The average molecular weight is 401 g/mol. The van der Waals surface area contributed by atoms with E-state index in [4.69, 9.17) is 23.2 Å². The lowest BCUT2D eigenvalue weighted by Crippen LogP contribution is -2.18. The lowest BCUT2D eigenvalue weighted by Gasteiger charge is -2.09. The lowest BCUT2D eigenvalue weighted by atomic mass is 10.2. The number of thioether (sulfide) groups is 1. The van der Waals surface area contributed by atoms with E-state index in [0.717, 1.165) is 5.56 Å². The number of hydrogen-bond donors (Lipinski definition) is 2. The molecule has 0 aliphatic rings. The Balaban J connectivity index is 1.76. The molecule has 0 bridgehead atoms. The minimum Gasteiger partial charge on any atom is -0.325 e. The van der Waals surface area contributed by atoms with Gasteiger partial charge in [-0.1, -0.05) is 23.2 Å². The third kappa shape index (κ3) is 6.23. The molecule has 0 aliphatic carbocycles. The maximum Gasteiger partial charge on any atom is 0.234 e. The quantitative estimate of drug-likeness (QED) is 0.735. The number of carbonyl (C=O) groups is 2. The number of halogens is 3. The van der Waals surface area contributed by atoms with E-state index in [1.54, 1.807) is 18.2 Å². The number of rotatable bonds is 6. The van der Waals surface area contributed by atoms with Gasteiger partial charge in [0.15, 0.2) is 0 Å². The van der Waals surface area contributed by atoms with Crippen molar-refractivity contribution in [3.05, 3.63) is 57.8 Å². The monoisotopic (exact) mass is 400 g/mol. The molecule has 2 aromatic carbocycles. The summed E-state index contributed by atoms with van der Waals surface area (Å²) >= 11 is 12.7. The number of benzene rings is 2. The van der Waals surface area contributed by atoms with Crippen LogP contribution < -0.4 is 10.6 Å². The van der Waals surface area contributed by atoms with Crippen LogP contribution in [-0.4, -0.2) is 23.3 Å². The Morgan fingerprint density at radius 3 is 2.36 bits per heavy atom. The van der Waals surface area contributed by atoms with Crippen LogP contribution in [0.4, 0.5) is 15.8 Å². The maximum absolute atomic E-state index is 13.1. The van der Waals surface area contributed by atoms with Crippen molar-refractivity contribution in [3.8, 4) is 0 Å². The fourth-order valence-corrected chi connectivity index (χ4v) is 2.99. The van der Waals surface area contributed by atoms with Crippen molar-refractivity contribution in [2.75, 3.05) is 22.1 Å². The van der Waals surface area contributed by atoms with Crippen LogP contribution in [0.25, 0.3) is 0 Å². The molecule has 0 saturated heterocycles. The number of hydrogen-bond acceptors (Lipinski definition) is 3. The van der Waals surface area contributed by atoms with Gasteiger partial charge in [-0.15, -0.1) is 11.8 Å². The smallest absolute Gasteiger partial charge is 0.234 e. The average Bonchev–Trinajstić information content (AvgIpc) is 2.54. The van der Waals surface area contributed by atoms with Gasteiger partial charge < -0.3 is 10.6 Å². The fraction of sp³-hybridized carbons (Fsp3) is 0.176. The second-order valence-electron chi connectivity index (χ2n) is 5.18. The molecule has 0 fully saturated rings. The summed E-state index contributed by atoms with van der Waals surface area (Å²) in [6.45, 7) is 1.84. The zero-order valence-electron chi connectivity index (χ0n) is 13.2. The van der Waals surface area contributed by atoms with Crippen LogP contribution in [0.2, 0.25) is 10.0 Å². The molecule has 0 aliphatic heterocycles. The number of anilines is 2. The van der Waals surface area contributed by atoms with Gasteiger partial charge in [0.2, 0.25) is 11.8 Å². The van der Waals surface area contributed by atoms with Crippen molar-refractivity contribution in [1.82, 2.24) is 0 Å². The molecule has 0 radical (unpaired) electrons. The van der Waals surface area contributed by atoms with Gasteiger partial charge in [-0.2, -0.15) is 0 Å². The van der Waals surface area contributed by atoms with Crippen LogP contribution in [0.5, 0.6) is 0 Å². The molecule has 8 heteroatoms. The molecule has 2 aromatic rings. The summed E-state index contributed by atoms with van der Waals surface area (Å²) in [5.41, 5.74) is 1.94. The number of carbonyl (C=O) groups excluding carboxylic acids is 2. The van der Waals surface area contributed by atoms with Crippen LogP contribution in [0.15, 0.2) is 36.4 Å². The number of nitrogens with one attached hydrogen (secondary N) is 2. The summed E-state index contributed by atoms with van der Waals surface area (Å²) < 4.78 is 13.1. The molecular formula is C17H15Cl2FN2O2S. The van der Waals surface area contributed by atoms with Crippen LogP contribution in [0, 0.1) is 12.7 Å². The van der Waals surface area contributed by atoms with Crippen molar-refractivity contribution in [2.24, 2.45) is 0 Å². The molecule has 0 saturated carbocycles. The first kappa shape index (κ1) is 19.6. The second kappa shape index (κ2) is 9.08. The Bertz CT molecular complexity index is 802. The van der Waals surface area contributed by atoms with Crippen molar-refractivity contribution >= 4 is 58.2 Å². The highest BCUT2D eigenvalue weighted by molar-refractivity contribution is 8.00. The first-order valence-electron chi connectivity index (χ1n) is 7.24. The van der Waals surface area contributed by atoms with Gasteiger partial charge in [0, 0.05) is 16.4 Å². The minimum absolute atomic E-state index is 0.0665. The van der Waals surface area contributed by atoms with E-state index in [9.17, 15) is 14.0 Å². The molecule has 0 aromatic heterocycles. The molecule has 0 heterocycles. The molecule has 132 valence electrons. The topological polar surface area (TPSA) is 58.2 Å². The van der Waals surface area contributed by atoms with Crippen molar-refractivity contribution in [1.29, 1.82) is 0 Å². The second-order valence-corrected chi connectivity index (χ2v) is 7.01. The SMILES string of the molecule is Cc1cc(Cl)ccc1NC(=O)CSCC(=O)Nc1ccc(F)c(Cl)c1. The molecule has 0 unspecified atom stereocenters. The van der Waals surface area contributed by atoms with Gasteiger partial charge in [0.1, 0.15) is 5.82 Å². The highest BCUT2D eigenvalue weighted by atomic mass is 35.5. The third-order valence-electron chi connectivity index (χ3n) is 3.13. The van der Waals surface area contributed by atoms with Gasteiger partial charge >= 0.3 is 0 Å². The van der Waals surface area contributed by atoms with E-state index in [-0.39, 0.29) is 28.3 Å². The molecule has 2 amide bonds. The predicted octanol–water partition coefficient (Wildman–Crippen LogP) is 4.75. The zero-order valence-corrected chi connectivity index (χ0v) is 15.6. The van der Waals surface area contributed by atoms with E-state index >= 15 is 0 Å². The van der Waals surface area contributed by atoms with Crippen molar-refractivity contribution in [2.45, 2.75) is 6.92 Å². The summed E-state index contributed by atoms with van der Waals surface area (Å²) in [5, 5.41) is 5.89. The Labute approximate surface area is 159 Å². The predicted molar refractivity (Wildman–Crippen MR) is 102 cm³/mol. The van der Waals surface area contributed by atoms with Crippen LogP contribution >= 0.6 is 35.0 Å². The van der Waals surface area contributed by atoms with E-state index < -0.39 is 5.82 Å². The van der Waals surface area contributed by atoms with Gasteiger partial charge in [-0.25, -0.2) is 4.39 Å². The lowest BCUT2D eigenvalue weighted by molar-refractivity contribution is -0.114. The minimum atomic E-state index is -0.553. The van der Waals surface area contributed by atoms with Crippen LogP contribution in [0.3, 0.4) is 0 Å². The van der Waals surface area contributed by atoms with E-state index in [1.807, 2.05) is 6.92 Å². The Morgan fingerprint density at radius 2 is 1.72 bits per heavy atom. The van der Waals surface area contributed by atoms with Crippen molar-refractivity contribution < 1.29 is 14.0 Å². The summed E-state index contributed by atoms with van der Waals surface area (Å²) in [5.74, 6) is -0.860. The van der Waals surface area contributed by atoms with E-state index in [2.05, 4.69) is 10.6 Å². The summed E-state index contributed by atoms with van der Waals surface area (Å²) in [6.07, 6.45) is 0. The third-order valence-corrected chi connectivity index (χ3v) is 4.59. The molecule has 2 N–H and O–H groups in total. The molecule has 25 heavy (non-hydrogen) atoms. The number of amides is 2. The van der Waals surface area contributed by atoms with Gasteiger partial charge in [-0.05, 0) is 48.9 Å². The van der Waals surface area contributed by atoms with Crippen LogP contribution in [0.1, 0.15) is 5.56 Å². The summed E-state index contributed by atoms with van der Waals surface area (Å²) in [6, 6.07) is 9.09. The zero-order chi connectivity index (χ0) is 18.4. The van der Waals surface area contributed by atoms with Crippen molar-refractivity contribution in [3.63, 3.8) is 0 Å². The standard InChI is InChI=1S/C17H15Cl2FN2O2S/c1-10-6-11(18)2-5-15(10)22-17(24)9-25-8-16(23)21-12-3-4-14(20)13(19)7-12/h2-7H,8-9H2,1H3,(H,21,23)(H,22,24). The van der Waals surface area contributed by atoms with E-state index in [0.29, 0.717) is 16.4 Å². The fourth-order valence-electron chi connectivity index (χ4n) is 1.96. The first-order valence-corrected chi connectivity index (χ1v) is 9.15. The molecule has 0 spiro atoms. The van der Waals surface area contributed by atoms with E-state index in [1.165, 1.54) is 30.0 Å². The van der Waals surface area contributed by atoms with Gasteiger partial charge in [0.25, 0.3) is 0 Å². The highest BCUT2D eigenvalue weighted by Crippen LogP contribution is 2.21. The normalized spacial score (nSPS) is 10.4. The molecular weight excluding hydrogens is 386 g/mol. The Kier molecular flexibility index (Phi) is 7.11. The number of aryl methyl sites for hydroxylation is 1. The summed E-state index contributed by atoms with van der Waals surface area (Å²) in [4.78, 5) is 23.7. The largest absolute Gasteiger partial charge is 0.325 e. The first-order chi connectivity index (χ1) is 11.8.